The Kier molecular flexibility index (Phi) is 7.74. The molecule has 0 saturated heterocycles. The first-order valence-corrected chi connectivity index (χ1v) is 14.3. The minimum absolute atomic E-state index is 0.0990. The summed E-state index contributed by atoms with van der Waals surface area (Å²) in [4.78, 5) is 17.6. The van der Waals surface area contributed by atoms with Crippen molar-refractivity contribution in [3.8, 4) is 44.8 Å². The maximum Gasteiger partial charge on any atom is 0.224 e. The molecule has 0 fully saturated rings. The van der Waals surface area contributed by atoms with Crippen LogP contribution in [0.2, 0.25) is 10.3 Å². The molecular weight excluding hydrogens is 585 g/mol. The zero-order valence-electron chi connectivity index (χ0n) is 23.2. The summed E-state index contributed by atoms with van der Waals surface area (Å²) < 4.78 is 28.6. The average Bonchev–Trinajstić information content (AvgIpc) is 3.01. The van der Waals surface area contributed by atoms with Crippen LogP contribution in [-0.4, -0.2) is 19.9 Å². The molecule has 0 aliphatic rings. The van der Waals surface area contributed by atoms with Gasteiger partial charge in [-0.05, 0) is 84.6 Å². The van der Waals surface area contributed by atoms with E-state index in [2.05, 4.69) is 9.97 Å². The van der Waals surface area contributed by atoms with Crippen LogP contribution in [0.4, 0.5) is 8.78 Å². The number of aromatic nitrogens is 4. The van der Waals surface area contributed by atoms with E-state index in [0.29, 0.717) is 28.3 Å². The molecule has 43 heavy (non-hydrogen) atoms. The first-order chi connectivity index (χ1) is 20.7. The normalized spacial score (nSPS) is 11.5. The number of halogens is 4. The first kappa shape index (κ1) is 28.6. The van der Waals surface area contributed by atoms with Crippen LogP contribution in [0, 0.1) is 11.9 Å². The molecule has 0 radical (unpaired) electrons. The van der Waals surface area contributed by atoms with Crippen LogP contribution in [0.3, 0.4) is 0 Å². The molecule has 8 heteroatoms. The highest BCUT2D eigenvalue weighted by atomic mass is 35.5. The van der Waals surface area contributed by atoms with Crippen molar-refractivity contribution >= 4 is 23.2 Å². The Balaban J connectivity index is 1.58. The molecule has 0 aliphatic carbocycles. The molecule has 2 aromatic carbocycles. The third kappa shape index (κ3) is 5.89. The number of nitrogens with zero attached hydrogens (tertiary/aromatic N) is 4. The van der Waals surface area contributed by atoms with E-state index in [0.717, 1.165) is 28.3 Å². The van der Waals surface area contributed by atoms with Gasteiger partial charge in [-0.25, -0.2) is 4.98 Å². The van der Waals surface area contributed by atoms with Crippen molar-refractivity contribution in [1.29, 1.82) is 0 Å². The maximum absolute atomic E-state index is 14.9. The lowest BCUT2D eigenvalue weighted by molar-refractivity contribution is 0.514. The molecule has 4 aromatic heterocycles. The predicted molar refractivity (Wildman–Crippen MR) is 168 cm³/mol. The molecule has 0 unspecified atom stereocenters. The lowest BCUT2D eigenvalue weighted by Gasteiger charge is -2.26. The summed E-state index contributed by atoms with van der Waals surface area (Å²) >= 11 is 12.6. The fourth-order valence-corrected chi connectivity index (χ4v) is 5.35. The summed E-state index contributed by atoms with van der Waals surface area (Å²) in [7, 11) is 0. The van der Waals surface area contributed by atoms with E-state index < -0.39 is 17.3 Å². The van der Waals surface area contributed by atoms with Gasteiger partial charge in [0.05, 0.1) is 28.3 Å². The molecule has 0 aliphatic heterocycles. The second kappa shape index (κ2) is 11.6. The van der Waals surface area contributed by atoms with E-state index in [1.165, 1.54) is 6.07 Å². The summed E-state index contributed by atoms with van der Waals surface area (Å²) in [5.74, 6) is -1.83. The second-order valence-electron chi connectivity index (χ2n) is 10.6. The molecule has 0 N–H and O–H groups in total. The summed E-state index contributed by atoms with van der Waals surface area (Å²) in [6, 6.07) is 33.4. The van der Waals surface area contributed by atoms with Crippen LogP contribution < -0.4 is 0 Å². The fraction of sp³-hybridized carbons (Fsp3) is 0.0857. The zero-order valence-corrected chi connectivity index (χ0v) is 24.7. The monoisotopic (exact) mass is 608 g/mol. The van der Waals surface area contributed by atoms with Crippen molar-refractivity contribution in [3.05, 3.63) is 143 Å². The van der Waals surface area contributed by atoms with Crippen molar-refractivity contribution < 1.29 is 8.78 Å². The zero-order chi connectivity index (χ0) is 30.1. The highest BCUT2D eigenvalue weighted by molar-refractivity contribution is 6.34. The van der Waals surface area contributed by atoms with E-state index in [4.69, 9.17) is 33.2 Å². The second-order valence-corrected chi connectivity index (χ2v) is 11.3. The van der Waals surface area contributed by atoms with Crippen LogP contribution in [-0.2, 0) is 5.41 Å². The van der Waals surface area contributed by atoms with Crippen molar-refractivity contribution in [2.45, 2.75) is 19.3 Å². The largest absolute Gasteiger partial charge is 0.252 e. The average molecular weight is 610 g/mol. The fourth-order valence-electron chi connectivity index (χ4n) is 4.91. The van der Waals surface area contributed by atoms with Gasteiger partial charge in [-0.2, -0.15) is 13.8 Å². The standard InChI is InChI=1S/C35H24Cl2F2N4/c1-35(2,29-19-23(21-9-5-3-6-10-21)17-27(40-29)25-13-15-31(36)42-33(25)37)30-20-24(22-11-7-4-8-12-22)18-28(41-30)26-14-16-32(38)43-34(26)39/h3-20H,1-2H3. The number of rotatable bonds is 6. The number of pyridine rings is 4. The minimum atomic E-state index is -0.933. The Morgan fingerprint density at radius 2 is 1.05 bits per heavy atom. The van der Waals surface area contributed by atoms with Crippen LogP contribution in [0.1, 0.15) is 25.2 Å². The van der Waals surface area contributed by atoms with Gasteiger partial charge in [0, 0.05) is 11.0 Å². The van der Waals surface area contributed by atoms with Gasteiger partial charge in [-0.1, -0.05) is 83.9 Å². The summed E-state index contributed by atoms with van der Waals surface area (Å²) in [5.41, 5.74) is 5.90. The lowest BCUT2D eigenvalue weighted by atomic mass is 9.82. The Bertz CT molecular complexity index is 1810. The lowest BCUT2D eigenvalue weighted by Crippen LogP contribution is -2.23. The molecule has 0 spiro atoms. The molecule has 212 valence electrons. The maximum atomic E-state index is 14.9. The van der Waals surface area contributed by atoms with Gasteiger partial charge in [-0.3, -0.25) is 9.97 Å². The number of benzene rings is 2. The quantitative estimate of drug-likeness (QED) is 0.177. The van der Waals surface area contributed by atoms with Crippen LogP contribution in [0.25, 0.3) is 44.8 Å². The number of hydrogen-bond donors (Lipinski definition) is 0. The van der Waals surface area contributed by atoms with Gasteiger partial charge < -0.3 is 0 Å². The Hall–Kier alpha value is -4.52. The van der Waals surface area contributed by atoms with Gasteiger partial charge >= 0.3 is 0 Å². The Labute approximate surface area is 258 Å². The van der Waals surface area contributed by atoms with Crippen LogP contribution >= 0.6 is 23.2 Å². The summed E-state index contributed by atoms with van der Waals surface area (Å²) in [5, 5.41) is 0.519. The minimum Gasteiger partial charge on any atom is -0.252 e. The predicted octanol–water partition coefficient (Wildman–Crippen LogP) is 9.85. The third-order valence-corrected chi connectivity index (χ3v) is 7.83. The molecule has 6 aromatic rings. The smallest absolute Gasteiger partial charge is 0.224 e. The Morgan fingerprint density at radius 1 is 0.535 bits per heavy atom. The SMILES string of the molecule is CC(C)(c1cc(-c2ccccc2)cc(-c2ccc(F)nc2F)n1)c1cc(-c2ccccc2)cc(-c2ccc(Cl)nc2Cl)n1. The molecule has 0 amide bonds. The molecule has 6 rings (SSSR count). The Morgan fingerprint density at radius 3 is 1.56 bits per heavy atom. The third-order valence-electron chi connectivity index (χ3n) is 7.33. The molecule has 0 bridgehead atoms. The van der Waals surface area contributed by atoms with E-state index in [1.54, 1.807) is 18.2 Å². The van der Waals surface area contributed by atoms with Crippen molar-refractivity contribution in [2.75, 3.05) is 0 Å². The molecule has 4 nitrogen and oxygen atoms in total. The van der Waals surface area contributed by atoms with Gasteiger partial charge in [0.2, 0.25) is 11.9 Å². The van der Waals surface area contributed by atoms with E-state index in [1.807, 2.05) is 92.7 Å². The van der Waals surface area contributed by atoms with Gasteiger partial charge in [0.25, 0.3) is 0 Å². The van der Waals surface area contributed by atoms with Crippen LogP contribution in [0.15, 0.2) is 109 Å². The van der Waals surface area contributed by atoms with E-state index >= 15 is 0 Å². The van der Waals surface area contributed by atoms with E-state index in [9.17, 15) is 8.78 Å². The van der Waals surface area contributed by atoms with Crippen molar-refractivity contribution in [2.24, 2.45) is 0 Å². The van der Waals surface area contributed by atoms with E-state index in [-0.39, 0.29) is 15.9 Å². The summed E-state index contributed by atoms with van der Waals surface area (Å²) in [6.07, 6.45) is 0. The van der Waals surface area contributed by atoms with Gasteiger partial charge in [0.15, 0.2) is 0 Å². The molecule has 0 atom stereocenters. The topological polar surface area (TPSA) is 51.6 Å². The van der Waals surface area contributed by atoms with Crippen molar-refractivity contribution in [3.63, 3.8) is 0 Å². The highest BCUT2D eigenvalue weighted by Crippen LogP contribution is 2.38. The molecular formula is C35H24Cl2F2N4. The van der Waals surface area contributed by atoms with Crippen LogP contribution in [0.5, 0.6) is 0 Å². The van der Waals surface area contributed by atoms with Gasteiger partial charge in [-0.15, -0.1) is 0 Å². The number of hydrogen-bond acceptors (Lipinski definition) is 4. The molecule has 4 heterocycles. The summed E-state index contributed by atoms with van der Waals surface area (Å²) in [6.45, 7) is 4.02. The van der Waals surface area contributed by atoms with Crippen molar-refractivity contribution in [1.82, 2.24) is 19.9 Å². The van der Waals surface area contributed by atoms with Gasteiger partial charge in [0.1, 0.15) is 10.3 Å². The first-order valence-electron chi connectivity index (χ1n) is 13.5. The highest BCUT2D eigenvalue weighted by Gasteiger charge is 2.30. The molecule has 0 saturated carbocycles.